The molecular weight excluding hydrogens is 474 g/mol. The van der Waals surface area contributed by atoms with E-state index in [1.54, 1.807) is 13.0 Å². The van der Waals surface area contributed by atoms with Gasteiger partial charge in [0.15, 0.2) is 0 Å². The third-order valence-electron chi connectivity index (χ3n) is 5.14. The number of nitro groups is 1. The first-order chi connectivity index (χ1) is 16.4. The number of anilines is 1. The van der Waals surface area contributed by atoms with Crippen molar-refractivity contribution in [2.75, 3.05) is 5.32 Å². The molecule has 10 nitrogen and oxygen atoms in total. The van der Waals surface area contributed by atoms with E-state index in [-0.39, 0.29) is 11.3 Å². The van der Waals surface area contributed by atoms with E-state index in [1.807, 2.05) is 6.07 Å². The molecule has 0 atom stereocenters. The number of nitrogens with zero attached hydrogens (tertiary/aromatic N) is 5. The quantitative estimate of drug-likeness (QED) is 0.220. The predicted molar refractivity (Wildman–Crippen MR) is 126 cm³/mol. The molecule has 0 spiro atoms. The summed E-state index contributed by atoms with van der Waals surface area (Å²) in [4.78, 5) is 29.4. The molecule has 0 bridgehead atoms. The van der Waals surface area contributed by atoms with Crippen molar-refractivity contribution in [3.05, 3.63) is 61.3 Å². The van der Waals surface area contributed by atoms with Crippen LogP contribution in [0.1, 0.15) is 40.2 Å². The average molecular weight is 492 g/mol. The highest BCUT2D eigenvalue weighted by atomic mass is 32.2. The van der Waals surface area contributed by atoms with Gasteiger partial charge in [-0.3, -0.25) is 20.0 Å². The first kappa shape index (κ1) is 23.2. The van der Waals surface area contributed by atoms with Crippen molar-refractivity contribution in [3.8, 4) is 12.1 Å². The van der Waals surface area contributed by atoms with Gasteiger partial charge in [-0.1, -0.05) is 6.07 Å². The number of amides is 1. The fourth-order valence-corrected chi connectivity index (χ4v) is 5.66. The van der Waals surface area contributed by atoms with Crippen molar-refractivity contribution >= 4 is 45.8 Å². The molecule has 0 aliphatic heterocycles. The number of thiophene rings is 1. The average Bonchev–Trinajstić information content (AvgIpc) is 3.39. The van der Waals surface area contributed by atoms with Crippen molar-refractivity contribution in [3.63, 3.8) is 0 Å². The lowest BCUT2D eigenvalue weighted by atomic mass is 9.96. The first-order valence-corrected chi connectivity index (χ1v) is 11.9. The van der Waals surface area contributed by atoms with Gasteiger partial charge in [0.2, 0.25) is 5.16 Å². The number of nitro benzene ring substituents is 1. The zero-order valence-corrected chi connectivity index (χ0v) is 19.5. The highest BCUT2D eigenvalue weighted by Crippen LogP contribution is 2.38. The molecule has 0 fully saturated rings. The number of hydrogen-bond donors (Lipinski definition) is 2. The van der Waals surface area contributed by atoms with Crippen LogP contribution in [0.5, 0.6) is 0 Å². The smallest absolute Gasteiger partial charge is 0.283 e. The minimum absolute atomic E-state index is 0.198. The van der Waals surface area contributed by atoms with E-state index in [1.165, 1.54) is 29.5 Å². The Hall–Kier alpha value is -4.00. The summed E-state index contributed by atoms with van der Waals surface area (Å²) in [6.07, 6.45) is 4.99. The number of carbonyl (C=O) groups excluding carboxylic acids is 1. The SMILES string of the molecule is Cc1nc(Sc2ccc(/C=C(/C#N)C(=O)Nc3sc4c(c3C#N)CCCC4)cc2[N+](=O)[O-])n[nH]1. The van der Waals surface area contributed by atoms with E-state index in [0.717, 1.165) is 47.9 Å². The Morgan fingerprint density at radius 3 is 2.82 bits per heavy atom. The highest BCUT2D eigenvalue weighted by molar-refractivity contribution is 7.99. The Kier molecular flexibility index (Phi) is 6.72. The van der Waals surface area contributed by atoms with Gasteiger partial charge in [0, 0.05) is 10.9 Å². The van der Waals surface area contributed by atoms with E-state index >= 15 is 0 Å². The minimum atomic E-state index is -0.671. The number of aryl methyl sites for hydroxylation is 2. The fraction of sp³-hybridized carbons (Fsp3) is 0.227. The Morgan fingerprint density at radius 1 is 1.35 bits per heavy atom. The summed E-state index contributed by atoms with van der Waals surface area (Å²) in [6, 6.07) is 8.40. The molecule has 12 heteroatoms. The number of H-pyrrole nitrogens is 1. The Morgan fingerprint density at radius 2 is 2.15 bits per heavy atom. The zero-order valence-electron chi connectivity index (χ0n) is 17.9. The second-order valence-electron chi connectivity index (χ2n) is 7.44. The molecule has 170 valence electrons. The fourth-order valence-electron chi connectivity index (χ4n) is 3.58. The number of nitriles is 2. The van der Waals surface area contributed by atoms with Gasteiger partial charge in [-0.05, 0) is 67.6 Å². The molecule has 3 aromatic rings. The number of carbonyl (C=O) groups is 1. The lowest BCUT2D eigenvalue weighted by molar-refractivity contribution is -0.387. The minimum Gasteiger partial charge on any atom is -0.312 e. The third kappa shape index (κ3) is 4.83. The zero-order chi connectivity index (χ0) is 24.2. The Balaban J connectivity index is 1.60. The molecule has 1 aliphatic carbocycles. The molecule has 4 rings (SSSR count). The van der Waals surface area contributed by atoms with Gasteiger partial charge in [0.25, 0.3) is 11.6 Å². The van der Waals surface area contributed by atoms with Crippen molar-refractivity contribution in [1.29, 1.82) is 10.5 Å². The molecule has 0 unspecified atom stereocenters. The molecule has 1 aromatic carbocycles. The molecule has 1 aliphatic rings. The van der Waals surface area contributed by atoms with E-state index in [4.69, 9.17) is 0 Å². The van der Waals surface area contributed by atoms with Crippen LogP contribution in [0.2, 0.25) is 0 Å². The monoisotopic (exact) mass is 491 g/mol. The Labute approximate surface area is 202 Å². The van der Waals surface area contributed by atoms with Crippen molar-refractivity contribution in [2.45, 2.75) is 42.7 Å². The second kappa shape index (κ2) is 9.87. The van der Waals surface area contributed by atoms with Gasteiger partial charge in [0.05, 0.1) is 15.4 Å². The molecule has 0 radical (unpaired) electrons. The van der Waals surface area contributed by atoms with E-state index in [2.05, 4.69) is 26.6 Å². The molecule has 34 heavy (non-hydrogen) atoms. The number of fused-ring (bicyclic) bond motifs is 1. The standard InChI is InChI=1S/C22H17N7O3S2/c1-12-25-22(28-27-12)34-19-7-6-13(9-17(19)29(31)32)8-14(10-23)20(30)26-21-16(11-24)15-4-2-3-5-18(15)33-21/h6-9H,2-5H2,1H3,(H,26,30)(H,25,27,28)/b14-8-. The maximum Gasteiger partial charge on any atom is 0.283 e. The summed E-state index contributed by atoms with van der Waals surface area (Å²) in [6.45, 7) is 1.72. The first-order valence-electron chi connectivity index (χ1n) is 10.2. The van der Waals surface area contributed by atoms with Gasteiger partial charge in [0.1, 0.15) is 28.5 Å². The summed E-state index contributed by atoms with van der Waals surface area (Å²) in [5, 5.41) is 40.8. The largest absolute Gasteiger partial charge is 0.312 e. The number of nitrogens with one attached hydrogen (secondary N) is 2. The van der Waals surface area contributed by atoms with Gasteiger partial charge in [-0.2, -0.15) is 10.5 Å². The normalized spacial score (nSPS) is 13.0. The van der Waals surface area contributed by atoms with Crippen molar-refractivity contribution in [2.24, 2.45) is 0 Å². The molecular formula is C22H17N7O3S2. The van der Waals surface area contributed by atoms with Crippen LogP contribution in [-0.2, 0) is 17.6 Å². The van der Waals surface area contributed by atoms with Crippen molar-refractivity contribution < 1.29 is 9.72 Å². The van der Waals surface area contributed by atoms with Gasteiger partial charge in [-0.25, -0.2) is 4.98 Å². The van der Waals surface area contributed by atoms with Gasteiger partial charge < -0.3 is 5.32 Å². The van der Waals surface area contributed by atoms with Gasteiger partial charge in [-0.15, -0.1) is 16.4 Å². The highest BCUT2D eigenvalue weighted by Gasteiger charge is 2.23. The number of aromatic amines is 1. The maximum atomic E-state index is 12.8. The van der Waals surface area contributed by atoms with Crippen LogP contribution in [0.3, 0.4) is 0 Å². The topological polar surface area (TPSA) is 161 Å². The lowest BCUT2D eigenvalue weighted by Gasteiger charge is -2.09. The summed E-state index contributed by atoms with van der Waals surface area (Å²) in [7, 11) is 0. The summed E-state index contributed by atoms with van der Waals surface area (Å²) in [5.41, 5.74) is 1.32. The summed E-state index contributed by atoms with van der Waals surface area (Å²) >= 11 is 2.39. The number of benzene rings is 1. The molecule has 2 N–H and O–H groups in total. The van der Waals surface area contributed by atoms with Crippen LogP contribution < -0.4 is 5.32 Å². The number of aromatic nitrogens is 3. The van der Waals surface area contributed by atoms with Crippen LogP contribution >= 0.6 is 23.1 Å². The van der Waals surface area contributed by atoms with Crippen LogP contribution in [0, 0.1) is 39.7 Å². The van der Waals surface area contributed by atoms with Crippen LogP contribution in [0.25, 0.3) is 6.08 Å². The van der Waals surface area contributed by atoms with Crippen LogP contribution in [0.4, 0.5) is 10.7 Å². The number of rotatable bonds is 6. The van der Waals surface area contributed by atoms with Crippen LogP contribution in [-0.4, -0.2) is 26.0 Å². The Bertz CT molecular complexity index is 1410. The second-order valence-corrected chi connectivity index (χ2v) is 9.55. The van der Waals surface area contributed by atoms with E-state index < -0.39 is 10.8 Å². The van der Waals surface area contributed by atoms with E-state index in [0.29, 0.717) is 32.0 Å². The lowest BCUT2D eigenvalue weighted by Crippen LogP contribution is -2.13. The van der Waals surface area contributed by atoms with Crippen LogP contribution in [0.15, 0.2) is 33.8 Å². The van der Waals surface area contributed by atoms with Gasteiger partial charge >= 0.3 is 0 Å². The molecule has 0 saturated carbocycles. The van der Waals surface area contributed by atoms with E-state index in [9.17, 15) is 25.4 Å². The van der Waals surface area contributed by atoms with Crippen molar-refractivity contribution in [1.82, 2.24) is 15.2 Å². The number of hydrogen-bond acceptors (Lipinski definition) is 9. The predicted octanol–water partition coefficient (Wildman–Crippen LogP) is 4.53. The molecule has 0 saturated heterocycles. The maximum absolute atomic E-state index is 12.8. The summed E-state index contributed by atoms with van der Waals surface area (Å²) in [5.74, 6) is -0.0876. The molecule has 2 aromatic heterocycles. The summed E-state index contributed by atoms with van der Waals surface area (Å²) < 4.78 is 0. The third-order valence-corrected chi connectivity index (χ3v) is 7.28. The molecule has 2 heterocycles. The molecule has 1 amide bonds.